The fraction of sp³-hybridized carbons (Fsp3) is 0.769. The van der Waals surface area contributed by atoms with Crippen LogP contribution in [0, 0.1) is 17.8 Å². The van der Waals surface area contributed by atoms with Gasteiger partial charge in [-0.05, 0) is 25.7 Å². The van der Waals surface area contributed by atoms with Gasteiger partial charge in [-0.3, -0.25) is 9.59 Å². The van der Waals surface area contributed by atoms with Gasteiger partial charge in [-0.15, -0.1) is 0 Å². The minimum absolute atomic E-state index is 0.255. The van der Waals surface area contributed by atoms with Gasteiger partial charge in [0.1, 0.15) is 6.04 Å². The fourth-order valence-corrected chi connectivity index (χ4v) is 2.60. The summed E-state index contributed by atoms with van der Waals surface area (Å²) < 4.78 is 4.52. The molecule has 1 fully saturated rings. The average molecular weight is 271 g/mol. The van der Waals surface area contributed by atoms with E-state index in [0.29, 0.717) is 12.8 Å². The van der Waals surface area contributed by atoms with Crippen LogP contribution in [0.1, 0.15) is 33.1 Å². The topological polar surface area (TPSA) is 92.7 Å². The maximum atomic E-state index is 12.1. The van der Waals surface area contributed by atoms with Gasteiger partial charge < -0.3 is 15.2 Å². The van der Waals surface area contributed by atoms with Crippen LogP contribution in [0.15, 0.2) is 0 Å². The van der Waals surface area contributed by atoms with Crippen molar-refractivity contribution in [2.45, 2.75) is 39.2 Å². The molecule has 1 amide bonds. The zero-order valence-corrected chi connectivity index (χ0v) is 11.5. The summed E-state index contributed by atoms with van der Waals surface area (Å²) in [6, 6.07) is -0.757. The molecule has 0 saturated heterocycles. The number of amides is 1. The third-order valence-corrected chi connectivity index (χ3v) is 3.81. The first-order valence-corrected chi connectivity index (χ1v) is 6.51. The van der Waals surface area contributed by atoms with Gasteiger partial charge in [0.05, 0.1) is 18.9 Å². The zero-order chi connectivity index (χ0) is 14.6. The highest BCUT2D eigenvalue weighted by molar-refractivity contribution is 5.88. The highest BCUT2D eigenvalue weighted by Gasteiger charge is 2.42. The molecule has 0 aromatic heterocycles. The molecule has 0 aliphatic heterocycles. The van der Waals surface area contributed by atoms with Crippen molar-refractivity contribution in [3.05, 3.63) is 0 Å². The van der Waals surface area contributed by atoms with Crippen LogP contribution >= 0.6 is 0 Å². The average Bonchev–Trinajstić information content (AvgIpc) is 2.81. The summed E-state index contributed by atoms with van der Waals surface area (Å²) in [5, 5.41) is 11.7. The Hall–Kier alpha value is -1.59. The van der Waals surface area contributed by atoms with E-state index in [9.17, 15) is 14.4 Å². The second kappa shape index (κ2) is 6.54. The highest BCUT2D eigenvalue weighted by atomic mass is 16.5. The van der Waals surface area contributed by atoms with Crippen LogP contribution in [0.3, 0.4) is 0 Å². The molecule has 0 spiro atoms. The van der Waals surface area contributed by atoms with Gasteiger partial charge in [0.25, 0.3) is 0 Å². The Morgan fingerprint density at radius 1 is 1.32 bits per heavy atom. The largest absolute Gasteiger partial charge is 0.481 e. The molecule has 0 bridgehead atoms. The van der Waals surface area contributed by atoms with E-state index in [2.05, 4.69) is 10.1 Å². The van der Waals surface area contributed by atoms with Crippen LogP contribution in [-0.4, -0.2) is 36.1 Å². The van der Waals surface area contributed by atoms with Crippen LogP contribution in [0.2, 0.25) is 0 Å². The molecule has 108 valence electrons. The number of nitrogens with one attached hydrogen (secondary N) is 1. The van der Waals surface area contributed by atoms with Crippen molar-refractivity contribution < 1.29 is 24.2 Å². The van der Waals surface area contributed by atoms with Gasteiger partial charge in [-0.1, -0.05) is 13.3 Å². The Labute approximate surface area is 112 Å². The lowest BCUT2D eigenvalue weighted by Crippen LogP contribution is -2.44. The number of carboxylic acids is 1. The Morgan fingerprint density at radius 2 is 1.89 bits per heavy atom. The molecule has 0 radical (unpaired) electrons. The second-order valence-electron chi connectivity index (χ2n) is 5.05. The SMILES string of the molecule is CCC1C[C@H](C(=O)NC(C)C(=O)OC)[C@H](C(=O)O)C1. The summed E-state index contributed by atoms with van der Waals surface area (Å²) in [6.07, 6.45) is 1.95. The van der Waals surface area contributed by atoms with Gasteiger partial charge in [0.2, 0.25) is 5.91 Å². The van der Waals surface area contributed by atoms with Gasteiger partial charge in [0.15, 0.2) is 0 Å². The number of carbonyl (C=O) groups is 3. The number of aliphatic carboxylic acids is 1. The molecule has 19 heavy (non-hydrogen) atoms. The fourth-order valence-electron chi connectivity index (χ4n) is 2.60. The Kier molecular flexibility index (Phi) is 5.32. The van der Waals surface area contributed by atoms with Crippen LogP contribution in [0.5, 0.6) is 0 Å². The third-order valence-electron chi connectivity index (χ3n) is 3.81. The van der Waals surface area contributed by atoms with Crippen molar-refractivity contribution in [1.29, 1.82) is 0 Å². The van der Waals surface area contributed by atoms with E-state index in [1.165, 1.54) is 14.0 Å². The molecule has 1 saturated carbocycles. The van der Waals surface area contributed by atoms with Crippen LogP contribution in [-0.2, 0) is 19.1 Å². The molecule has 1 aliphatic carbocycles. The Bertz CT molecular complexity index is 368. The van der Waals surface area contributed by atoms with Gasteiger partial charge >= 0.3 is 11.9 Å². The Morgan fingerprint density at radius 3 is 2.37 bits per heavy atom. The molecule has 2 unspecified atom stereocenters. The number of carboxylic acid groups (broad SMARTS) is 1. The quantitative estimate of drug-likeness (QED) is 0.721. The van der Waals surface area contributed by atoms with Gasteiger partial charge in [0, 0.05) is 0 Å². The molecular weight excluding hydrogens is 250 g/mol. The highest BCUT2D eigenvalue weighted by Crippen LogP contribution is 2.38. The lowest BCUT2D eigenvalue weighted by Gasteiger charge is -2.18. The number of rotatable bonds is 5. The second-order valence-corrected chi connectivity index (χ2v) is 5.05. The molecule has 0 aromatic rings. The summed E-state index contributed by atoms with van der Waals surface area (Å²) in [5.41, 5.74) is 0. The molecular formula is C13H21NO5. The first-order chi connectivity index (χ1) is 8.90. The van der Waals surface area contributed by atoms with E-state index in [1.807, 2.05) is 6.92 Å². The lowest BCUT2D eigenvalue weighted by molar-refractivity contribution is -0.147. The summed E-state index contributed by atoms with van der Waals surface area (Å²) in [4.78, 5) is 34.5. The Balaban J connectivity index is 2.69. The van der Waals surface area contributed by atoms with Crippen LogP contribution < -0.4 is 5.32 Å². The van der Waals surface area contributed by atoms with Crippen molar-refractivity contribution >= 4 is 17.8 Å². The predicted octanol–water partition coefficient (Wildman–Crippen LogP) is 0.801. The monoisotopic (exact) mass is 271 g/mol. The lowest BCUT2D eigenvalue weighted by atomic mass is 9.95. The normalized spacial score (nSPS) is 27.6. The summed E-state index contributed by atoms with van der Waals surface area (Å²) in [5.74, 6) is -2.82. The molecule has 4 atom stereocenters. The maximum Gasteiger partial charge on any atom is 0.328 e. The molecule has 1 rings (SSSR count). The van der Waals surface area contributed by atoms with Crippen molar-refractivity contribution in [1.82, 2.24) is 5.32 Å². The number of ether oxygens (including phenoxy) is 1. The van der Waals surface area contributed by atoms with E-state index in [-0.39, 0.29) is 11.8 Å². The first-order valence-electron chi connectivity index (χ1n) is 6.51. The van der Waals surface area contributed by atoms with Crippen molar-refractivity contribution in [2.75, 3.05) is 7.11 Å². The van der Waals surface area contributed by atoms with E-state index in [4.69, 9.17) is 5.11 Å². The molecule has 6 heteroatoms. The van der Waals surface area contributed by atoms with Crippen molar-refractivity contribution in [3.63, 3.8) is 0 Å². The third kappa shape index (κ3) is 3.68. The van der Waals surface area contributed by atoms with E-state index in [0.717, 1.165) is 6.42 Å². The standard InChI is InChI=1S/C13H21NO5/c1-4-8-5-9(10(6-8)12(16)17)11(15)14-7(2)13(18)19-3/h7-10H,4-6H2,1-3H3,(H,14,15)(H,16,17)/t7?,8?,9-,10+/m0/s1. The van der Waals surface area contributed by atoms with Gasteiger partial charge in [-0.25, -0.2) is 4.79 Å². The number of hydrogen-bond donors (Lipinski definition) is 2. The maximum absolute atomic E-state index is 12.1. The summed E-state index contributed by atoms with van der Waals surface area (Å²) in [6.45, 7) is 3.51. The number of carbonyl (C=O) groups excluding carboxylic acids is 2. The number of methoxy groups -OCH3 is 1. The first kappa shape index (κ1) is 15.5. The van der Waals surface area contributed by atoms with Crippen LogP contribution in [0.25, 0.3) is 0 Å². The summed E-state index contributed by atoms with van der Waals surface area (Å²) in [7, 11) is 1.24. The summed E-state index contributed by atoms with van der Waals surface area (Å²) >= 11 is 0. The van der Waals surface area contributed by atoms with E-state index < -0.39 is 29.8 Å². The van der Waals surface area contributed by atoms with Crippen LogP contribution in [0.4, 0.5) is 0 Å². The minimum atomic E-state index is -0.943. The number of hydrogen-bond acceptors (Lipinski definition) is 4. The zero-order valence-electron chi connectivity index (χ0n) is 11.5. The van der Waals surface area contributed by atoms with Gasteiger partial charge in [-0.2, -0.15) is 0 Å². The minimum Gasteiger partial charge on any atom is -0.481 e. The molecule has 0 heterocycles. The number of esters is 1. The smallest absolute Gasteiger partial charge is 0.328 e. The molecule has 0 aromatic carbocycles. The molecule has 6 nitrogen and oxygen atoms in total. The predicted molar refractivity (Wildman–Crippen MR) is 67.3 cm³/mol. The van der Waals surface area contributed by atoms with E-state index in [1.54, 1.807) is 0 Å². The molecule has 2 N–H and O–H groups in total. The van der Waals surface area contributed by atoms with Crippen molar-refractivity contribution in [2.24, 2.45) is 17.8 Å². The molecule has 1 aliphatic rings. The van der Waals surface area contributed by atoms with Crippen molar-refractivity contribution in [3.8, 4) is 0 Å². The van der Waals surface area contributed by atoms with E-state index >= 15 is 0 Å².